The molecule has 0 bridgehead atoms. The Kier molecular flexibility index (Phi) is 6.38. The van der Waals surface area contributed by atoms with Crippen LogP contribution in [0.15, 0.2) is 18.2 Å². The minimum absolute atomic E-state index is 0.231. The summed E-state index contributed by atoms with van der Waals surface area (Å²) < 4.78 is 15.7. The van der Waals surface area contributed by atoms with Gasteiger partial charge in [0, 0.05) is 4.88 Å². The minimum atomic E-state index is -0.674. The molecule has 0 unspecified atom stereocenters. The number of rotatable bonds is 8. The van der Waals surface area contributed by atoms with Gasteiger partial charge in [-0.1, -0.05) is 0 Å². The lowest BCUT2D eigenvalue weighted by Crippen LogP contribution is -2.22. The van der Waals surface area contributed by atoms with Crippen LogP contribution in [-0.4, -0.2) is 38.1 Å². The third kappa shape index (κ3) is 4.51. The van der Waals surface area contributed by atoms with Crippen LogP contribution in [0.5, 0.6) is 11.5 Å². The van der Waals surface area contributed by atoms with Crippen LogP contribution in [0.3, 0.4) is 0 Å². The molecule has 8 nitrogen and oxygen atoms in total. The van der Waals surface area contributed by atoms with Crippen molar-refractivity contribution in [1.29, 1.82) is 0 Å². The van der Waals surface area contributed by atoms with Crippen LogP contribution < -0.4 is 20.5 Å². The zero-order valence-corrected chi connectivity index (χ0v) is 17.0. The van der Waals surface area contributed by atoms with Crippen molar-refractivity contribution in [3.8, 4) is 11.5 Å². The van der Waals surface area contributed by atoms with Gasteiger partial charge in [0.25, 0.3) is 11.8 Å². The standard InChI is InChI=1S/C20H22N2O6S/c1-3-27-14-9-11(7-8-13(14)26-2)20(25)28-10-16(23)22-19-17(18(21)24)12-5-4-6-15(12)29-19/h7-9H,3-6,10H2,1-2H3,(H2,21,24)(H,22,23). The molecule has 1 aromatic heterocycles. The number of hydrogen-bond acceptors (Lipinski definition) is 7. The molecule has 2 aromatic rings. The Hall–Kier alpha value is -3.07. The van der Waals surface area contributed by atoms with Crippen LogP contribution in [0.25, 0.3) is 0 Å². The highest BCUT2D eigenvalue weighted by atomic mass is 32.1. The van der Waals surface area contributed by atoms with Crippen LogP contribution in [0, 0.1) is 0 Å². The first-order valence-electron chi connectivity index (χ1n) is 9.16. The number of benzene rings is 1. The molecule has 1 aliphatic carbocycles. The SMILES string of the molecule is CCOc1cc(C(=O)OCC(=O)Nc2sc3c(c2C(N)=O)CCC3)ccc1OC. The van der Waals surface area contributed by atoms with Crippen molar-refractivity contribution < 1.29 is 28.6 Å². The first-order chi connectivity index (χ1) is 13.9. The van der Waals surface area contributed by atoms with Gasteiger partial charge in [-0.05, 0) is 49.9 Å². The van der Waals surface area contributed by atoms with Crippen molar-refractivity contribution in [2.45, 2.75) is 26.2 Å². The highest BCUT2D eigenvalue weighted by Gasteiger charge is 2.26. The molecule has 1 heterocycles. The number of carbonyl (C=O) groups is 3. The van der Waals surface area contributed by atoms with Crippen LogP contribution in [-0.2, 0) is 22.4 Å². The minimum Gasteiger partial charge on any atom is -0.493 e. The molecule has 0 saturated carbocycles. The van der Waals surface area contributed by atoms with Gasteiger partial charge in [0.2, 0.25) is 0 Å². The van der Waals surface area contributed by atoms with E-state index >= 15 is 0 Å². The van der Waals surface area contributed by atoms with Crippen molar-refractivity contribution in [3.63, 3.8) is 0 Å². The number of carbonyl (C=O) groups excluding carboxylic acids is 3. The molecule has 0 aliphatic heterocycles. The maximum atomic E-state index is 12.3. The van der Waals surface area contributed by atoms with Crippen LogP contribution in [0.1, 0.15) is 44.5 Å². The van der Waals surface area contributed by atoms with E-state index in [9.17, 15) is 14.4 Å². The lowest BCUT2D eigenvalue weighted by Gasteiger charge is -2.11. The number of ether oxygens (including phenoxy) is 3. The molecule has 0 fully saturated rings. The van der Waals surface area contributed by atoms with Crippen molar-refractivity contribution in [2.24, 2.45) is 5.73 Å². The van der Waals surface area contributed by atoms with E-state index in [4.69, 9.17) is 19.9 Å². The molecule has 0 saturated heterocycles. The second-order valence-electron chi connectivity index (χ2n) is 6.35. The molecule has 154 valence electrons. The molecule has 2 amide bonds. The molecular formula is C20H22N2O6S. The van der Waals surface area contributed by atoms with E-state index in [0.717, 1.165) is 29.7 Å². The maximum Gasteiger partial charge on any atom is 0.338 e. The Morgan fingerprint density at radius 3 is 2.69 bits per heavy atom. The molecule has 3 rings (SSSR count). The average molecular weight is 418 g/mol. The Balaban J connectivity index is 1.64. The van der Waals surface area contributed by atoms with E-state index in [-0.39, 0.29) is 5.56 Å². The third-order valence-corrected chi connectivity index (χ3v) is 5.66. The predicted octanol–water partition coefficient (Wildman–Crippen LogP) is 2.54. The quantitative estimate of drug-likeness (QED) is 0.636. The van der Waals surface area contributed by atoms with Gasteiger partial charge in [-0.15, -0.1) is 11.3 Å². The van der Waals surface area contributed by atoms with Gasteiger partial charge in [0.15, 0.2) is 18.1 Å². The number of hydrogen-bond donors (Lipinski definition) is 2. The van der Waals surface area contributed by atoms with Gasteiger partial charge in [-0.25, -0.2) is 4.79 Å². The van der Waals surface area contributed by atoms with Crippen LogP contribution >= 0.6 is 11.3 Å². The molecule has 3 N–H and O–H groups in total. The first-order valence-corrected chi connectivity index (χ1v) is 9.98. The van der Waals surface area contributed by atoms with E-state index in [1.807, 2.05) is 6.92 Å². The molecule has 0 spiro atoms. The molecule has 0 atom stereocenters. The summed E-state index contributed by atoms with van der Waals surface area (Å²) in [6.45, 7) is 1.73. The van der Waals surface area contributed by atoms with Crippen molar-refractivity contribution in [1.82, 2.24) is 0 Å². The van der Waals surface area contributed by atoms with Gasteiger partial charge in [0.05, 0.1) is 24.8 Å². The predicted molar refractivity (Wildman–Crippen MR) is 108 cm³/mol. The number of methoxy groups -OCH3 is 1. The number of thiophene rings is 1. The van der Waals surface area contributed by atoms with Gasteiger partial charge in [-0.2, -0.15) is 0 Å². The number of amides is 2. The van der Waals surface area contributed by atoms with Gasteiger partial charge < -0.3 is 25.3 Å². The summed E-state index contributed by atoms with van der Waals surface area (Å²) in [4.78, 5) is 37.4. The van der Waals surface area contributed by atoms with E-state index in [1.54, 1.807) is 6.07 Å². The highest BCUT2D eigenvalue weighted by molar-refractivity contribution is 7.17. The summed E-state index contributed by atoms with van der Waals surface area (Å²) in [5.41, 5.74) is 6.98. The van der Waals surface area contributed by atoms with Crippen molar-refractivity contribution in [2.75, 3.05) is 25.6 Å². The molecule has 0 radical (unpaired) electrons. The Labute approximate surface area is 171 Å². The first kappa shape index (κ1) is 20.7. The molecule has 1 aromatic carbocycles. The summed E-state index contributed by atoms with van der Waals surface area (Å²) in [7, 11) is 1.50. The topological polar surface area (TPSA) is 117 Å². The van der Waals surface area contributed by atoms with E-state index in [1.165, 1.54) is 30.6 Å². The van der Waals surface area contributed by atoms with Crippen molar-refractivity contribution in [3.05, 3.63) is 39.8 Å². The number of nitrogens with one attached hydrogen (secondary N) is 1. The molecule has 9 heteroatoms. The van der Waals surface area contributed by atoms with Gasteiger partial charge in [0.1, 0.15) is 5.00 Å². The number of fused-ring (bicyclic) bond motifs is 1. The van der Waals surface area contributed by atoms with E-state index in [2.05, 4.69) is 5.32 Å². The number of aryl methyl sites for hydroxylation is 1. The Bertz CT molecular complexity index is 953. The molecule has 1 aliphatic rings. The fourth-order valence-corrected chi connectivity index (χ4v) is 4.51. The number of nitrogens with two attached hydrogens (primary N) is 1. The normalized spacial score (nSPS) is 12.2. The van der Waals surface area contributed by atoms with Crippen molar-refractivity contribution >= 4 is 34.1 Å². The maximum absolute atomic E-state index is 12.3. The largest absolute Gasteiger partial charge is 0.493 e. The van der Waals surface area contributed by atoms with E-state index in [0.29, 0.717) is 28.7 Å². The summed E-state index contributed by atoms with van der Waals surface area (Å²) in [5, 5.41) is 3.04. The second-order valence-corrected chi connectivity index (χ2v) is 7.45. The number of anilines is 1. The molecular weight excluding hydrogens is 396 g/mol. The smallest absolute Gasteiger partial charge is 0.338 e. The van der Waals surface area contributed by atoms with Gasteiger partial charge >= 0.3 is 5.97 Å². The Morgan fingerprint density at radius 1 is 1.21 bits per heavy atom. The zero-order valence-electron chi connectivity index (χ0n) is 16.2. The lowest BCUT2D eigenvalue weighted by atomic mass is 10.1. The summed E-state index contributed by atoms with van der Waals surface area (Å²) in [6, 6.07) is 4.61. The second kappa shape index (κ2) is 8.95. The lowest BCUT2D eigenvalue weighted by molar-refractivity contribution is -0.119. The highest BCUT2D eigenvalue weighted by Crippen LogP contribution is 2.38. The zero-order chi connectivity index (χ0) is 21.0. The number of esters is 1. The summed E-state index contributed by atoms with van der Waals surface area (Å²) in [5.74, 6) is -0.885. The molecule has 29 heavy (non-hydrogen) atoms. The van der Waals surface area contributed by atoms with Crippen LogP contribution in [0.2, 0.25) is 0 Å². The fraction of sp³-hybridized carbons (Fsp3) is 0.350. The summed E-state index contributed by atoms with van der Waals surface area (Å²) in [6.07, 6.45) is 2.61. The van der Waals surface area contributed by atoms with Crippen LogP contribution in [0.4, 0.5) is 5.00 Å². The van der Waals surface area contributed by atoms with Gasteiger partial charge in [-0.3, -0.25) is 9.59 Å². The number of primary amides is 1. The van der Waals surface area contributed by atoms with E-state index < -0.39 is 24.4 Å². The third-order valence-electron chi connectivity index (χ3n) is 4.45. The average Bonchev–Trinajstić information content (AvgIpc) is 3.26. The monoisotopic (exact) mass is 418 g/mol. The Morgan fingerprint density at radius 2 is 2.00 bits per heavy atom. The summed E-state index contributed by atoms with van der Waals surface area (Å²) >= 11 is 1.34. The fourth-order valence-electron chi connectivity index (χ4n) is 3.20.